The molecule has 0 bridgehead atoms. The van der Waals surface area contributed by atoms with Crippen LogP contribution in [-0.4, -0.2) is 29.4 Å². The molecule has 6 nitrogen and oxygen atoms in total. The fraction of sp³-hybridized carbons (Fsp3) is 0.316. The molecule has 0 aliphatic carbocycles. The number of halogens is 1. The summed E-state index contributed by atoms with van der Waals surface area (Å²) < 4.78 is 5.36. The lowest BCUT2D eigenvalue weighted by molar-refractivity contribution is -0.118. The highest BCUT2D eigenvalue weighted by molar-refractivity contribution is 6.30. The van der Waals surface area contributed by atoms with E-state index in [4.69, 9.17) is 16.3 Å². The van der Waals surface area contributed by atoms with Crippen molar-refractivity contribution >= 4 is 29.2 Å². The maximum absolute atomic E-state index is 12.5. The molecule has 2 amide bonds. The van der Waals surface area contributed by atoms with Crippen LogP contribution < -0.4 is 15.4 Å². The fourth-order valence-corrected chi connectivity index (χ4v) is 2.39. The first-order valence-electron chi connectivity index (χ1n) is 8.37. The van der Waals surface area contributed by atoms with E-state index in [0.717, 1.165) is 0 Å². The van der Waals surface area contributed by atoms with Gasteiger partial charge in [-0.1, -0.05) is 25.4 Å². The molecule has 0 aliphatic heterocycles. The van der Waals surface area contributed by atoms with Gasteiger partial charge < -0.3 is 15.4 Å². The molecule has 0 spiro atoms. The Morgan fingerprint density at radius 3 is 2.38 bits per heavy atom. The van der Waals surface area contributed by atoms with Gasteiger partial charge in [-0.15, -0.1) is 0 Å². The number of pyridine rings is 1. The number of aromatic nitrogens is 1. The minimum atomic E-state index is -0.702. The molecule has 0 aliphatic rings. The fourth-order valence-electron chi connectivity index (χ4n) is 2.28. The van der Waals surface area contributed by atoms with E-state index < -0.39 is 6.04 Å². The molecule has 1 heterocycles. The van der Waals surface area contributed by atoms with Crippen molar-refractivity contribution in [3.05, 3.63) is 53.2 Å². The molecule has 1 aromatic carbocycles. The molecular formula is C19H22ClN3O3. The number of ether oxygens (including phenoxy) is 1. The summed E-state index contributed by atoms with van der Waals surface area (Å²) in [5.74, 6) is 0.297. The van der Waals surface area contributed by atoms with Crippen molar-refractivity contribution in [1.29, 1.82) is 0 Å². The van der Waals surface area contributed by atoms with Crippen molar-refractivity contribution in [3.8, 4) is 5.75 Å². The van der Waals surface area contributed by atoms with Crippen molar-refractivity contribution in [2.75, 3.05) is 11.9 Å². The maximum Gasteiger partial charge on any atom is 0.251 e. The Morgan fingerprint density at radius 2 is 1.85 bits per heavy atom. The quantitative estimate of drug-likeness (QED) is 0.775. The molecule has 2 rings (SSSR count). The van der Waals surface area contributed by atoms with E-state index in [1.54, 1.807) is 36.4 Å². The Labute approximate surface area is 157 Å². The van der Waals surface area contributed by atoms with E-state index >= 15 is 0 Å². The average molecular weight is 376 g/mol. The van der Waals surface area contributed by atoms with Gasteiger partial charge in [-0.25, -0.2) is 4.98 Å². The predicted octanol–water partition coefficient (Wildman–Crippen LogP) is 3.53. The second-order valence-electron chi connectivity index (χ2n) is 6.00. The van der Waals surface area contributed by atoms with Gasteiger partial charge in [0, 0.05) is 11.8 Å². The van der Waals surface area contributed by atoms with Gasteiger partial charge in [0.05, 0.1) is 11.6 Å². The first-order chi connectivity index (χ1) is 12.4. The highest BCUT2D eigenvalue weighted by Gasteiger charge is 2.25. The van der Waals surface area contributed by atoms with E-state index in [9.17, 15) is 9.59 Å². The number of nitrogens with zero attached hydrogens (tertiary/aromatic N) is 1. The van der Waals surface area contributed by atoms with Gasteiger partial charge in [-0.3, -0.25) is 9.59 Å². The third-order valence-electron chi connectivity index (χ3n) is 3.64. The van der Waals surface area contributed by atoms with E-state index in [1.807, 2.05) is 20.8 Å². The van der Waals surface area contributed by atoms with E-state index in [0.29, 0.717) is 28.8 Å². The number of amides is 2. The standard InChI is InChI=1S/C19H22ClN3O3/c1-4-26-15-8-5-13(6-9-15)18(24)23-17(12(2)3)19(25)22-16-10-7-14(20)11-21-16/h5-12,17H,4H2,1-3H3,(H,23,24)(H,21,22,25). The van der Waals surface area contributed by atoms with Crippen LogP contribution in [0, 0.1) is 5.92 Å². The number of rotatable bonds is 7. The van der Waals surface area contributed by atoms with Crippen molar-refractivity contribution in [1.82, 2.24) is 10.3 Å². The van der Waals surface area contributed by atoms with Crippen LogP contribution in [-0.2, 0) is 4.79 Å². The van der Waals surface area contributed by atoms with Crippen molar-refractivity contribution < 1.29 is 14.3 Å². The van der Waals surface area contributed by atoms with Crippen LogP contribution in [0.3, 0.4) is 0 Å². The SMILES string of the molecule is CCOc1ccc(C(=O)NC(C(=O)Nc2ccc(Cl)cn2)C(C)C)cc1. The summed E-state index contributed by atoms with van der Waals surface area (Å²) in [5, 5.41) is 5.94. The predicted molar refractivity (Wildman–Crippen MR) is 102 cm³/mol. The molecule has 138 valence electrons. The van der Waals surface area contributed by atoms with E-state index in [2.05, 4.69) is 15.6 Å². The van der Waals surface area contributed by atoms with Crippen LogP contribution >= 0.6 is 11.6 Å². The lowest BCUT2D eigenvalue weighted by atomic mass is 10.0. The Hall–Kier alpha value is -2.60. The zero-order chi connectivity index (χ0) is 19.1. The summed E-state index contributed by atoms with van der Waals surface area (Å²) in [4.78, 5) is 29.0. The molecule has 1 atom stereocenters. The average Bonchev–Trinajstić information content (AvgIpc) is 2.62. The molecule has 0 fully saturated rings. The van der Waals surface area contributed by atoms with Crippen LogP contribution in [0.15, 0.2) is 42.6 Å². The molecule has 7 heteroatoms. The Bertz CT molecular complexity index is 746. The zero-order valence-electron chi connectivity index (χ0n) is 15.0. The van der Waals surface area contributed by atoms with Crippen LogP contribution in [0.1, 0.15) is 31.1 Å². The van der Waals surface area contributed by atoms with Gasteiger partial charge in [0.15, 0.2) is 0 Å². The normalized spacial score (nSPS) is 11.7. The number of carbonyl (C=O) groups is 2. The highest BCUT2D eigenvalue weighted by Crippen LogP contribution is 2.14. The van der Waals surface area contributed by atoms with Gasteiger partial charge >= 0.3 is 0 Å². The summed E-state index contributed by atoms with van der Waals surface area (Å²) in [6.45, 7) is 6.16. The molecule has 26 heavy (non-hydrogen) atoms. The minimum Gasteiger partial charge on any atom is -0.494 e. The zero-order valence-corrected chi connectivity index (χ0v) is 15.7. The third kappa shape index (κ3) is 5.46. The summed E-state index contributed by atoms with van der Waals surface area (Å²) in [7, 11) is 0. The molecule has 1 aromatic heterocycles. The lowest BCUT2D eigenvalue weighted by Gasteiger charge is -2.21. The van der Waals surface area contributed by atoms with Crippen LogP contribution in [0.2, 0.25) is 5.02 Å². The highest BCUT2D eigenvalue weighted by atomic mass is 35.5. The van der Waals surface area contributed by atoms with E-state index in [1.165, 1.54) is 6.20 Å². The van der Waals surface area contributed by atoms with Crippen molar-refractivity contribution in [2.45, 2.75) is 26.8 Å². The molecule has 1 unspecified atom stereocenters. The largest absolute Gasteiger partial charge is 0.494 e. The summed E-state index contributed by atoms with van der Waals surface area (Å²) in [5.41, 5.74) is 0.455. The van der Waals surface area contributed by atoms with E-state index in [-0.39, 0.29) is 17.7 Å². The number of benzene rings is 1. The Balaban J connectivity index is 2.05. The molecular weight excluding hydrogens is 354 g/mol. The van der Waals surface area contributed by atoms with Crippen molar-refractivity contribution in [2.24, 2.45) is 5.92 Å². The number of nitrogens with one attached hydrogen (secondary N) is 2. The first-order valence-corrected chi connectivity index (χ1v) is 8.74. The Kier molecular flexibility index (Phi) is 6.97. The first kappa shape index (κ1) is 19.7. The Morgan fingerprint density at radius 1 is 1.15 bits per heavy atom. The second kappa shape index (κ2) is 9.20. The minimum absolute atomic E-state index is 0.103. The molecule has 0 radical (unpaired) electrons. The summed E-state index contributed by atoms with van der Waals surface area (Å²) >= 11 is 5.79. The number of carbonyl (C=O) groups excluding carboxylic acids is 2. The van der Waals surface area contributed by atoms with Crippen LogP contribution in [0.5, 0.6) is 5.75 Å². The topological polar surface area (TPSA) is 80.3 Å². The molecule has 2 N–H and O–H groups in total. The second-order valence-corrected chi connectivity index (χ2v) is 6.44. The summed E-state index contributed by atoms with van der Waals surface area (Å²) in [6.07, 6.45) is 1.44. The number of hydrogen-bond donors (Lipinski definition) is 2. The summed E-state index contributed by atoms with van der Waals surface area (Å²) in [6, 6.07) is 9.30. The molecule has 0 saturated carbocycles. The maximum atomic E-state index is 12.5. The van der Waals surface area contributed by atoms with Gasteiger partial charge in [0.2, 0.25) is 5.91 Å². The third-order valence-corrected chi connectivity index (χ3v) is 3.87. The molecule has 0 saturated heterocycles. The molecule has 2 aromatic rings. The monoisotopic (exact) mass is 375 g/mol. The smallest absolute Gasteiger partial charge is 0.251 e. The van der Waals surface area contributed by atoms with Crippen LogP contribution in [0.4, 0.5) is 5.82 Å². The van der Waals surface area contributed by atoms with Gasteiger partial charge in [0.25, 0.3) is 5.91 Å². The van der Waals surface area contributed by atoms with Crippen molar-refractivity contribution in [3.63, 3.8) is 0 Å². The van der Waals surface area contributed by atoms with Crippen LogP contribution in [0.25, 0.3) is 0 Å². The van der Waals surface area contributed by atoms with Gasteiger partial charge in [0.1, 0.15) is 17.6 Å². The van der Waals surface area contributed by atoms with Gasteiger partial charge in [-0.2, -0.15) is 0 Å². The van der Waals surface area contributed by atoms with Gasteiger partial charge in [-0.05, 0) is 49.2 Å². The number of hydrogen-bond acceptors (Lipinski definition) is 4. The lowest BCUT2D eigenvalue weighted by Crippen LogP contribution is -2.47. The number of anilines is 1.